The molecule has 0 amide bonds. The molecule has 0 saturated carbocycles. The van der Waals surface area contributed by atoms with Crippen molar-refractivity contribution in [2.75, 3.05) is 30.3 Å². The van der Waals surface area contributed by atoms with Gasteiger partial charge >= 0.3 is 0 Å². The van der Waals surface area contributed by atoms with Crippen LogP contribution in [0.4, 0.5) is 11.4 Å². The van der Waals surface area contributed by atoms with E-state index in [1.807, 2.05) is 24.3 Å². The molecule has 3 aromatic rings. The van der Waals surface area contributed by atoms with Gasteiger partial charge in [0.05, 0.1) is 11.3 Å². The smallest absolute Gasteiger partial charge is 0.255 e. The molecule has 0 bridgehead atoms. The molecule has 0 aliphatic carbocycles. The molecule has 0 fully saturated rings. The highest BCUT2D eigenvalue weighted by molar-refractivity contribution is 5.58. The van der Waals surface area contributed by atoms with Gasteiger partial charge in [0.2, 0.25) is 0 Å². The SMILES string of the molecule is CCN(CC)c1ccc(CN2CCc3nc(-c4ccc(N)cc4)[nH]c(=O)c3C2)cc1. The van der Waals surface area contributed by atoms with Crippen LogP contribution < -0.4 is 16.2 Å². The van der Waals surface area contributed by atoms with E-state index in [2.05, 4.69) is 52.9 Å². The van der Waals surface area contributed by atoms with Crippen molar-refractivity contribution >= 4 is 11.4 Å². The molecule has 0 saturated heterocycles. The number of benzene rings is 2. The summed E-state index contributed by atoms with van der Waals surface area (Å²) < 4.78 is 0. The average Bonchev–Trinajstić information content (AvgIpc) is 2.76. The number of H-pyrrole nitrogens is 1. The number of hydrogen-bond donors (Lipinski definition) is 2. The zero-order chi connectivity index (χ0) is 21.1. The van der Waals surface area contributed by atoms with Crippen molar-refractivity contribution in [2.45, 2.75) is 33.4 Å². The van der Waals surface area contributed by atoms with Gasteiger partial charge in [-0.3, -0.25) is 9.69 Å². The number of nitrogens with two attached hydrogens (primary N) is 1. The van der Waals surface area contributed by atoms with Crippen LogP contribution in [0.5, 0.6) is 0 Å². The molecule has 0 radical (unpaired) electrons. The van der Waals surface area contributed by atoms with Gasteiger partial charge in [0, 0.05) is 56.1 Å². The summed E-state index contributed by atoms with van der Waals surface area (Å²) in [6.45, 7) is 8.70. The molecule has 156 valence electrons. The molecule has 1 aliphatic rings. The molecule has 2 aromatic carbocycles. The number of nitrogens with one attached hydrogen (secondary N) is 1. The number of anilines is 2. The summed E-state index contributed by atoms with van der Waals surface area (Å²) in [4.78, 5) is 25.1. The van der Waals surface area contributed by atoms with Crippen molar-refractivity contribution in [3.8, 4) is 11.4 Å². The Labute approximate surface area is 177 Å². The van der Waals surface area contributed by atoms with Gasteiger partial charge in [0.25, 0.3) is 5.56 Å². The lowest BCUT2D eigenvalue weighted by atomic mass is 10.0. The van der Waals surface area contributed by atoms with Gasteiger partial charge < -0.3 is 15.6 Å². The molecule has 30 heavy (non-hydrogen) atoms. The second kappa shape index (κ2) is 8.71. The Balaban J connectivity index is 1.48. The molecule has 0 unspecified atom stereocenters. The highest BCUT2D eigenvalue weighted by Gasteiger charge is 2.21. The molecule has 2 heterocycles. The minimum Gasteiger partial charge on any atom is -0.399 e. The third-order valence-corrected chi connectivity index (χ3v) is 5.80. The second-order valence-electron chi connectivity index (χ2n) is 7.76. The summed E-state index contributed by atoms with van der Waals surface area (Å²) in [5.74, 6) is 0.610. The Bertz CT molecular complexity index is 1050. The Morgan fingerprint density at radius 1 is 1.07 bits per heavy atom. The molecule has 6 heteroatoms. The largest absolute Gasteiger partial charge is 0.399 e. The standard InChI is InChI=1S/C24H29N5O/c1-3-29(4-2)20-11-5-17(6-12-20)15-28-14-13-22-21(16-28)24(30)27-23(26-22)18-7-9-19(25)10-8-18/h5-12H,3-4,13-16,25H2,1-2H3,(H,26,27,30). The molecular weight excluding hydrogens is 374 g/mol. The van der Waals surface area contributed by atoms with Crippen molar-refractivity contribution in [2.24, 2.45) is 0 Å². The number of hydrogen-bond acceptors (Lipinski definition) is 5. The Kier molecular flexibility index (Phi) is 5.86. The van der Waals surface area contributed by atoms with Crippen LogP contribution in [-0.2, 0) is 19.5 Å². The minimum absolute atomic E-state index is 0.0478. The van der Waals surface area contributed by atoms with Crippen molar-refractivity contribution in [1.82, 2.24) is 14.9 Å². The molecule has 3 N–H and O–H groups in total. The lowest BCUT2D eigenvalue weighted by Gasteiger charge is -2.28. The van der Waals surface area contributed by atoms with E-state index in [1.54, 1.807) is 0 Å². The van der Waals surface area contributed by atoms with Gasteiger partial charge in [-0.25, -0.2) is 4.98 Å². The summed E-state index contributed by atoms with van der Waals surface area (Å²) in [5, 5.41) is 0. The van der Waals surface area contributed by atoms with Crippen molar-refractivity contribution in [3.05, 3.63) is 75.7 Å². The monoisotopic (exact) mass is 403 g/mol. The quantitative estimate of drug-likeness (QED) is 0.617. The zero-order valence-corrected chi connectivity index (χ0v) is 17.7. The van der Waals surface area contributed by atoms with Gasteiger partial charge in [-0.05, 0) is 55.8 Å². The highest BCUT2D eigenvalue weighted by atomic mass is 16.1. The van der Waals surface area contributed by atoms with E-state index in [0.29, 0.717) is 18.1 Å². The average molecular weight is 404 g/mol. The summed E-state index contributed by atoms with van der Waals surface area (Å²) in [6, 6.07) is 16.2. The van der Waals surface area contributed by atoms with Crippen LogP contribution in [0.15, 0.2) is 53.3 Å². The summed E-state index contributed by atoms with van der Waals surface area (Å²) in [7, 11) is 0. The van der Waals surface area contributed by atoms with E-state index in [1.165, 1.54) is 11.3 Å². The molecular formula is C24H29N5O. The van der Waals surface area contributed by atoms with Crippen LogP contribution in [0.1, 0.15) is 30.7 Å². The predicted molar refractivity (Wildman–Crippen MR) is 123 cm³/mol. The first-order chi connectivity index (χ1) is 14.6. The summed E-state index contributed by atoms with van der Waals surface area (Å²) in [6.07, 6.45) is 0.777. The predicted octanol–water partition coefficient (Wildman–Crippen LogP) is 3.42. The van der Waals surface area contributed by atoms with Gasteiger partial charge in [0.15, 0.2) is 0 Å². The molecule has 4 rings (SSSR count). The van der Waals surface area contributed by atoms with Crippen LogP contribution in [0.2, 0.25) is 0 Å². The maximum Gasteiger partial charge on any atom is 0.255 e. The maximum absolute atomic E-state index is 12.8. The van der Waals surface area contributed by atoms with E-state index in [-0.39, 0.29) is 5.56 Å². The number of nitrogen functional groups attached to an aromatic ring is 1. The third kappa shape index (κ3) is 4.24. The lowest BCUT2D eigenvalue weighted by molar-refractivity contribution is 0.242. The van der Waals surface area contributed by atoms with E-state index in [0.717, 1.165) is 49.4 Å². The van der Waals surface area contributed by atoms with E-state index < -0.39 is 0 Å². The maximum atomic E-state index is 12.8. The van der Waals surface area contributed by atoms with Crippen LogP contribution in [0.25, 0.3) is 11.4 Å². The third-order valence-electron chi connectivity index (χ3n) is 5.80. The van der Waals surface area contributed by atoms with Crippen LogP contribution >= 0.6 is 0 Å². The molecule has 1 aliphatic heterocycles. The second-order valence-corrected chi connectivity index (χ2v) is 7.76. The number of rotatable bonds is 6. The highest BCUT2D eigenvalue weighted by Crippen LogP contribution is 2.22. The Hall–Kier alpha value is -3.12. The number of fused-ring (bicyclic) bond motifs is 1. The number of nitrogens with zero attached hydrogens (tertiary/aromatic N) is 3. The number of aromatic nitrogens is 2. The van der Waals surface area contributed by atoms with Crippen molar-refractivity contribution in [1.29, 1.82) is 0 Å². The molecule has 0 atom stereocenters. The Morgan fingerprint density at radius 3 is 2.43 bits per heavy atom. The number of aromatic amines is 1. The first-order valence-electron chi connectivity index (χ1n) is 10.6. The van der Waals surface area contributed by atoms with Crippen LogP contribution in [0, 0.1) is 0 Å². The van der Waals surface area contributed by atoms with Gasteiger partial charge in [-0.1, -0.05) is 12.1 Å². The van der Waals surface area contributed by atoms with Gasteiger partial charge in [-0.15, -0.1) is 0 Å². The fourth-order valence-corrected chi connectivity index (χ4v) is 4.05. The fourth-order valence-electron chi connectivity index (χ4n) is 4.05. The molecule has 1 aromatic heterocycles. The van der Waals surface area contributed by atoms with Gasteiger partial charge in [-0.2, -0.15) is 0 Å². The van der Waals surface area contributed by atoms with E-state index in [4.69, 9.17) is 10.7 Å². The minimum atomic E-state index is -0.0478. The topological polar surface area (TPSA) is 78.2 Å². The summed E-state index contributed by atoms with van der Waals surface area (Å²) in [5.41, 5.74) is 11.5. The Morgan fingerprint density at radius 2 is 1.77 bits per heavy atom. The fraction of sp³-hybridized carbons (Fsp3) is 0.333. The van der Waals surface area contributed by atoms with E-state index >= 15 is 0 Å². The zero-order valence-electron chi connectivity index (χ0n) is 17.7. The molecule has 6 nitrogen and oxygen atoms in total. The first-order valence-corrected chi connectivity index (χ1v) is 10.6. The van der Waals surface area contributed by atoms with E-state index in [9.17, 15) is 4.79 Å². The van der Waals surface area contributed by atoms with Crippen molar-refractivity contribution in [3.63, 3.8) is 0 Å². The first kappa shape index (κ1) is 20.2. The van der Waals surface area contributed by atoms with Crippen LogP contribution in [-0.4, -0.2) is 34.5 Å². The lowest BCUT2D eigenvalue weighted by Crippen LogP contribution is -2.35. The van der Waals surface area contributed by atoms with Crippen molar-refractivity contribution < 1.29 is 0 Å². The van der Waals surface area contributed by atoms with Gasteiger partial charge in [0.1, 0.15) is 5.82 Å². The van der Waals surface area contributed by atoms with Crippen LogP contribution in [0.3, 0.4) is 0 Å². The molecule has 0 spiro atoms. The summed E-state index contributed by atoms with van der Waals surface area (Å²) >= 11 is 0. The normalized spacial score (nSPS) is 13.8.